The van der Waals surface area contributed by atoms with E-state index >= 15 is 0 Å². The Kier molecular flexibility index (Phi) is 3.15. The summed E-state index contributed by atoms with van der Waals surface area (Å²) >= 11 is 0. The van der Waals surface area contributed by atoms with Gasteiger partial charge in [-0.1, -0.05) is 0 Å². The van der Waals surface area contributed by atoms with Gasteiger partial charge < -0.3 is 0 Å². The molecule has 0 saturated heterocycles. The Morgan fingerprint density at radius 2 is 1.15 bits per heavy atom. The van der Waals surface area contributed by atoms with Crippen molar-refractivity contribution < 1.29 is 40.2 Å². The van der Waals surface area contributed by atoms with E-state index in [-0.39, 0.29) is 6.92 Å². The van der Waals surface area contributed by atoms with Crippen molar-refractivity contribution in [1.82, 2.24) is 0 Å². The van der Waals surface area contributed by atoms with Crippen LogP contribution in [0.1, 0.15) is 6.92 Å². The Labute approximate surface area is 67.2 Å². The van der Waals surface area contributed by atoms with Crippen molar-refractivity contribution in [3.63, 3.8) is 0 Å². The number of ether oxygens (including phenoxy) is 2. The van der Waals surface area contributed by atoms with E-state index in [4.69, 9.17) is 0 Å². The van der Waals surface area contributed by atoms with E-state index in [0.717, 1.165) is 0 Å². The molecule has 0 aromatic rings. The highest BCUT2D eigenvalue weighted by atomic mass is 19.4. The molecule has 13 heavy (non-hydrogen) atoms. The van der Waals surface area contributed by atoms with E-state index in [0.29, 0.717) is 0 Å². The first-order chi connectivity index (χ1) is 5.41. The lowest BCUT2D eigenvalue weighted by molar-refractivity contribution is -0.531. The number of hydrogen-bond donors (Lipinski definition) is 0. The lowest BCUT2D eigenvalue weighted by Gasteiger charge is -2.20. The predicted molar refractivity (Wildman–Crippen MR) is 23.8 cm³/mol. The molecule has 0 radical (unpaired) electrons. The molecular weight excluding hydrogens is 213 g/mol. The molecular formula is C4H3F7O2. The van der Waals surface area contributed by atoms with Crippen molar-refractivity contribution >= 4 is 0 Å². The molecule has 0 N–H and O–H groups in total. The Morgan fingerprint density at radius 1 is 0.769 bits per heavy atom. The largest absolute Gasteiger partial charge is 0.529 e. The molecule has 0 aromatic heterocycles. The third-order valence-corrected chi connectivity index (χ3v) is 0.533. The van der Waals surface area contributed by atoms with E-state index in [1.165, 1.54) is 0 Å². The lowest BCUT2D eigenvalue weighted by atomic mass is 10.7. The minimum atomic E-state index is -5.76. The molecule has 0 rings (SSSR count). The third-order valence-electron chi connectivity index (χ3n) is 0.533. The van der Waals surface area contributed by atoms with Gasteiger partial charge in [0.1, 0.15) is 0 Å². The van der Waals surface area contributed by atoms with Gasteiger partial charge in [0, 0.05) is 6.92 Å². The molecule has 0 unspecified atom stereocenters. The van der Waals surface area contributed by atoms with E-state index in [2.05, 4.69) is 4.74 Å². The third kappa shape index (κ3) is 7.78. The molecule has 0 amide bonds. The highest BCUT2D eigenvalue weighted by molar-refractivity contribution is 4.44. The van der Waals surface area contributed by atoms with Crippen LogP contribution in [0.25, 0.3) is 0 Å². The fourth-order valence-corrected chi connectivity index (χ4v) is 0.364. The zero-order chi connectivity index (χ0) is 10.9. The molecule has 0 spiro atoms. The zero-order valence-corrected chi connectivity index (χ0v) is 5.96. The van der Waals surface area contributed by atoms with Crippen LogP contribution in [0.5, 0.6) is 0 Å². The predicted octanol–water partition coefficient (Wildman–Crippen LogP) is 2.70. The lowest BCUT2D eigenvalue weighted by Crippen LogP contribution is -2.37. The average Bonchev–Trinajstić information content (AvgIpc) is 1.43. The van der Waals surface area contributed by atoms with Gasteiger partial charge in [-0.25, -0.2) is 4.74 Å². The number of halogens is 7. The van der Waals surface area contributed by atoms with Crippen LogP contribution in [-0.4, -0.2) is 18.8 Å². The highest BCUT2D eigenvalue weighted by Gasteiger charge is 2.51. The maximum Gasteiger partial charge on any atom is 0.529 e. The maximum absolute atomic E-state index is 11.8. The van der Waals surface area contributed by atoms with Crippen molar-refractivity contribution in [3.8, 4) is 0 Å². The van der Waals surface area contributed by atoms with E-state index in [1.54, 1.807) is 0 Å². The van der Waals surface area contributed by atoms with E-state index in [1.807, 2.05) is 4.74 Å². The van der Waals surface area contributed by atoms with Crippen molar-refractivity contribution in [2.45, 2.75) is 25.7 Å². The quantitative estimate of drug-likeness (QED) is 0.533. The molecule has 2 nitrogen and oxygen atoms in total. The van der Waals surface area contributed by atoms with Crippen molar-refractivity contribution in [1.29, 1.82) is 0 Å². The Hall–Kier alpha value is -0.570. The Balaban J connectivity index is 4.25. The van der Waals surface area contributed by atoms with Crippen molar-refractivity contribution in [3.05, 3.63) is 0 Å². The van der Waals surface area contributed by atoms with Crippen LogP contribution in [0.15, 0.2) is 0 Å². The van der Waals surface area contributed by atoms with Gasteiger partial charge in [-0.05, 0) is 0 Å². The molecule has 0 atom stereocenters. The fraction of sp³-hybridized carbons (Fsp3) is 1.00. The second-order valence-electron chi connectivity index (χ2n) is 1.92. The molecule has 9 heteroatoms. The summed E-state index contributed by atoms with van der Waals surface area (Å²) in [7, 11) is 0. The topological polar surface area (TPSA) is 18.5 Å². The standard InChI is InChI=1S/C4H3F7O2/c1-2(5,6)12-4(10,11)13-3(7,8)9/h1H3. The van der Waals surface area contributed by atoms with Crippen LogP contribution in [-0.2, 0) is 9.47 Å². The zero-order valence-electron chi connectivity index (χ0n) is 5.96. The molecule has 0 fully saturated rings. The van der Waals surface area contributed by atoms with Crippen molar-refractivity contribution in [2.24, 2.45) is 0 Å². The van der Waals surface area contributed by atoms with Crippen LogP contribution < -0.4 is 0 Å². The molecule has 0 bridgehead atoms. The monoisotopic (exact) mass is 216 g/mol. The van der Waals surface area contributed by atoms with Gasteiger partial charge in [0.05, 0.1) is 0 Å². The van der Waals surface area contributed by atoms with Gasteiger partial charge in [0.15, 0.2) is 0 Å². The normalized spacial score (nSPS) is 14.8. The summed E-state index contributed by atoms with van der Waals surface area (Å²) in [6.07, 6.45) is -15.6. The first-order valence-corrected chi connectivity index (χ1v) is 2.64. The molecule has 0 aromatic carbocycles. The van der Waals surface area contributed by atoms with Gasteiger partial charge in [0.25, 0.3) is 0 Å². The molecule has 0 aliphatic carbocycles. The summed E-state index contributed by atoms with van der Waals surface area (Å²) in [5, 5.41) is 0. The minimum Gasteiger partial charge on any atom is -0.230 e. The SMILES string of the molecule is CC(F)(F)OC(F)(F)OC(F)(F)F. The average molecular weight is 216 g/mol. The number of rotatable bonds is 3. The van der Waals surface area contributed by atoms with Crippen LogP contribution in [0, 0.1) is 0 Å². The highest BCUT2D eigenvalue weighted by Crippen LogP contribution is 2.33. The van der Waals surface area contributed by atoms with Crippen LogP contribution >= 0.6 is 0 Å². The minimum absolute atomic E-state index is 0.152. The first-order valence-electron chi connectivity index (χ1n) is 2.64. The number of alkyl halides is 7. The smallest absolute Gasteiger partial charge is 0.230 e. The molecule has 0 heterocycles. The summed E-state index contributed by atoms with van der Waals surface area (Å²) in [5.74, 6) is 0. The second-order valence-corrected chi connectivity index (χ2v) is 1.92. The van der Waals surface area contributed by atoms with Gasteiger partial charge in [-0.2, -0.15) is 13.5 Å². The van der Waals surface area contributed by atoms with Crippen LogP contribution in [0.4, 0.5) is 30.7 Å². The second kappa shape index (κ2) is 3.29. The Morgan fingerprint density at radius 3 is 1.38 bits per heavy atom. The molecule has 0 aliphatic heterocycles. The van der Waals surface area contributed by atoms with Gasteiger partial charge in [-0.15, -0.1) is 22.0 Å². The molecule has 80 valence electrons. The maximum atomic E-state index is 11.8. The van der Waals surface area contributed by atoms with E-state index in [9.17, 15) is 30.7 Å². The summed E-state index contributed by atoms with van der Waals surface area (Å²) in [6.45, 7) is -0.152. The number of hydrogen-bond acceptors (Lipinski definition) is 2. The van der Waals surface area contributed by atoms with Gasteiger partial charge in [-0.3, -0.25) is 0 Å². The van der Waals surface area contributed by atoms with Gasteiger partial charge in [0.2, 0.25) is 0 Å². The van der Waals surface area contributed by atoms with Crippen LogP contribution in [0.2, 0.25) is 0 Å². The first kappa shape index (κ1) is 12.4. The molecule has 0 aliphatic rings. The summed E-state index contributed by atoms with van der Waals surface area (Å²) in [4.78, 5) is 0. The Bertz CT molecular complexity index is 150. The molecule has 0 saturated carbocycles. The summed E-state index contributed by atoms with van der Waals surface area (Å²) in [6, 6.07) is 0. The van der Waals surface area contributed by atoms with Crippen molar-refractivity contribution in [2.75, 3.05) is 0 Å². The van der Waals surface area contributed by atoms with Crippen LogP contribution in [0.3, 0.4) is 0 Å². The van der Waals surface area contributed by atoms with E-state index < -0.39 is 18.8 Å². The fourth-order valence-electron chi connectivity index (χ4n) is 0.364. The van der Waals surface area contributed by atoms with Gasteiger partial charge >= 0.3 is 18.8 Å². The summed E-state index contributed by atoms with van der Waals surface area (Å²) in [5.41, 5.74) is 0. The summed E-state index contributed by atoms with van der Waals surface area (Å²) < 4.78 is 84.5.